The standard InChI is InChI=1S/C17H11FO3S/c18-15-8-5-11-3-6-13-12(9-21-22(19)20)2-1-10-4-7-14(15)17(11)16(10)13/h1-8H,9H2,(H,19,20)/p-1. The molecule has 1 unspecified atom stereocenters. The van der Waals surface area contributed by atoms with Crippen LogP contribution in [0.4, 0.5) is 4.39 Å². The van der Waals surface area contributed by atoms with E-state index in [1.807, 2.05) is 30.3 Å². The average Bonchev–Trinajstić information content (AvgIpc) is 2.52. The number of hydrogen-bond acceptors (Lipinski definition) is 3. The first-order valence-corrected chi connectivity index (χ1v) is 7.72. The Balaban J connectivity index is 2.10. The minimum absolute atomic E-state index is 0.0350. The Hall–Kier alpha value is -2.08. The molecular weight excluding hydrogens is 303 g/mol. The van der Waals surface area contributed by atoms with Crippen LogP contribution in [0.3, 0.4) is 0 Å². The highest BCUT2D eigenvalue weighted by Crippen LogP contribution is 2.37. The summed E-state index contributed by atoms with van der Waals surface area (Å²) < 4.78 is 40.0. The highest BCUT2D eigenvalue weighted by atomic mass is 32.2. The monoisotopic (exact) mass is 313 g/mol. The molecule has 4 aromatic carbocycles. The molecule has 0 saturated carbocycles. The van der Waals surface area contributed by atoms with Crippen LogP contribution in [0.1, 0.15) is 5.56 Å². The average molecular weight is 313 g/mol. The number of benzene rings is 4. The molecule has 3 nitrogen and oxygen atoms in total. The summed E-state index contributed by atoms with van der Waals surface area (Å²) in [7, 11) is 0. The summed E-state index contributed by atoms with van der Waals surface area (Å²) >= 11 is -2.56. The van der Waals surface area contributed by atoms with E-state index >= 15 is 0 Å². The minimum atomic E-state index is -2.56. The van der Waals surface area contributed by atoms with E-state index in [2.05, 4.69) is 4.18 Å². The lowest BCUT2D eigenvalue weighted by atomic mass is 9.92. The lowest BCUT2D eigenvalue weighted by Gasteiger charge is -2.14. The molecule has 0 radical (unpaired) electrons. The van der Waals surface area contributed by atoms with Crippen molar-refractivity contribution in [2.45, 2.75) is 6.61 Å². The van der Waals surface area contributed by atoms with Crippen molar-refractivity contribution in [3.63, 3.8) is 0 Å². The quantitative estimate of drug-likeness (QED) is 0.424. The molecule has 0 aromatic heterocycles. The van der Waals surface area contributed by atoms with Crippen LogP contribution in [-0.4, -0.2) is 8.76 Å². The maximum absolute atomic E-state index is 14.1. The fourth-order valence-corrected chi connectivity index (χ4v) is 3.29. The Kier molecular flexibility index (Phi) is 3.07. The number of hydrogen-bond donors (Lipinski definition) is 0. The van der Waals surface area contributed by atoms with Gasteiger partial charge in [-0.05, 0) is 33.2 Å². The molecule has 0 aliphatic carbocycles. The van der Waals surface area contributed by atoms with E-state index < -0.39 is 11.4 Å². The van der Waals surface area contributed by atoms with E-state index in [0.717, 1.165) is 32.5 Å². The topological polar surface area (TPSA) is 49.4 Å². The molecule has 0 aliphatic rings. The normalized spacial score (nSPS) is 13.4. The van der Waals surface area contributed by atoms with Crippen LogP contribution in [0.15, 0.2) is 48.5 Å². The van der Waals surface area contributed by atoms with Crippen molar-refractivity contribution in [2.75, 3.05) is 0 Å². The lowest BCUT2D eigenvalue weighted by molar-refractivity contribution is 0.292. The van der Waals surface area contributed by atoms with Gasteiger partial charge in [0.25, 0.3) is 0 Å². The lowest BCUT2D eigenvalue weighted by Crippen LogP contribution is -1.97. The van der Waals surface area contributed by atoms with E-state index in [1.54, 1.807) is 12.1 Å². The summed E-state index contributed by atoms with van der Waals surface area (Å²) in [6.07, 6.45) is 0. The Labute approximate surface area is 128 Å². The van der Waals surface area contributed by atoms with Gasteiger partial charge in [-0.25, -0.2) is 8.60 Å². The van der Waals surface area contributed by atoms with Crippen LogP contribution < -0.4 is 0 Å². The van der Waals surface area contributed by atoms with Crippen molar-refractivity contribution in [3.8, 4) is 0 Å². The van der Waals surface area contributed by atoms with Crippen LogP contribution in [0, 0.1) is 5.82 Å². The predicted octanol–water partition coefficient (Wildman–Crippen LogP) is 4.03. The van der Waals surface area contributed by atoms with Crippen LogP contribution in [0.2, 0.25) is 0 Å². The molecule has 0 fully saturated rings. The molecule has 0 aliphatic heterocycles. The van der Waals surface area contributed by atoms with E-state index in [4.69, 9.17) is 0 Å². The molecule has 0 heterocycles. The zero-order valence-corrected chi connectivity index (χ0v) is 12.2. The van der Waals surface area contributed by atoms with Crippen molar-refractivity contribution < 1.29 is 17.3 Å². The molecule has 0 spiro atoms. The van der Waals surface area contributed by atoms with Crippen LogP contribution >= 0.6 is 0 Å². The second kappa shape index (κ2) is 4.98. The third-order valence-corrected chi connectivity index (χ3v) is 4.32. The van der Waals surface area contributed by atoms with Gasteiger partial charge >= 0.3 is 0 Å². The summed E-state index contributed by atoms with van der Waals surface area (Å²) in [6, 6.07) is 14.5. The first kappa shape index (κ1) is 13.6. The molecule has 4 aromatic rings. The molecule has 0 saturated heterocycles. The summed E-state index contributed by atoms with van der Waals surface area (Å²) in [6.45, 7) is -0.0350. The first-order chi connectivity index (χ1) is 10.6. The highest BCUT2D eigenvalue weighted by molar-refractivity contribution is 7.74. The molecule has 5 heteroatoms. The SMILES string of the molecule is O=S([O-])OCc1ccc2ccc3c(F)ccc4ccc1c2c43. The van der Waals surface area contributed by atoms with E-state index in [-0.39, 0.29) is 12.4 Å². The summed E-state index contributed by atoms with van der Waals surface area (Å²) in [5.74, 6) is -0.260. The van der Waals surface area contributed by atoms with Gasteiger partial charge in [-0.3, -0.25) is 4.18 Å². The molecule has 22 heavy (non-hydrogen) atoms. The first-order valence-electron chi connectivity index (χ1n) is 6.72. The molecule has 4 rings (SSSR count). The van der Waals surface area contributed by atoms with Crippen molar-refractivity contribution >= 4 is 43.7 Å². The molecule has 1 atom stereocenters. The van der Waals surface area contributed by atoms with Gasteiger partial charge in [-0.15, -0.1) is 0 Å². The van der Waals surface area contributed by atoms with Crippen molar-refractivity contribution in [3.05, 3.63) is 59.9 Å². The largest absolute Gasteiger partial charge is 0.750 e. The third kappa shape index (κ3) is 1.98. The van der Waals surface area contributed by atoms with Gasteiger partial charge in [-0.1, -0.05) is 42.5 Å². The fraction of sp³-hybridized carbons (Fsp3) is 0.0588. The van der Waals surface area contributed by atoms with Crippen molar-refractivity contribution in [1.29, 1.82) is 0 Å². The van der Waals surface area contributed by atoms with Gasteiger partial charge in [-0.2, -0.15) is 0 Å². The molecule has 0 N–H and O–H groups in total. The highest BCUT2D eigenvalue weighted by Gasteiger charge is 2.13. The van der Waals surface area contributed by atoms with Crippen molar-refractivity contribution in [1.82, 2.24) is 0 Å². The number of halogens is 1. The third-order valence-electron chi connectivity index (χ3n) is 4.01. The second-order valence-electron chi connectivity index (χ2n) is 5.16. The zero-order valence-electron chi connectivity index (χ0n) is 11.3. The van der Waals surface area contributed by atoms with Gasteiger partial charge in [0.1, 0.15) is 5.82 Å². The molecule has 0 bridgehead atoms. The van der Waals surface area contributed by atoms with Gasteiger partial charge < -0.3 is 4.55 Å². The summed E-state index contributed by atoms with van der Waals surface area (Å²) in [4.78, 5) is 0. The molecule has 0 amide bonds. The van der Waals surface area contributed by atoms with Gasteiger partial charge in [0, 0.05) is 10.8 Å². The summed E-state index contributed by atoms with van der Waals surface area (Å²) in [5, 5.41) is 5.20. The van der Waals surface area contributed by atoms with E-state index in [0.29, 0.717) is 5.39 Å². The Bertz CT molecular complexity index is 1030. The fourth-order valence-electron chi connectivity index (χ4n) is 3.06. The van der Waals surface area contributed by atoms with Gasteiger partial charge in [0.15, 0.2) is 0 Å². The Morgan fingerprint density at radius 2 is 1.50 bits per heavy atom. The van der Waals surface area contributed by atoms with Gasteiger partial charge in [0.05, 0.1) is 18.0 Å². The van der Waals surface area contributed by atoms with Crippen molar-refractivity contribution in [2.24, 2.45) is 0 Å². The van der Waals surface area contributed by atoms with Crippen LogP contribution in [0.25, 0.3) is 32.3 Å². The van der Waals surface area contributed by atoms with Crippen LogP contribution in [0.5, 0.6) is 0 Å². The molecule has 110 valence electrons. The maximum atomic E-state index is 14.1. The second-order valence-corrected chi connectivity index (χ2v) is 5.80. The number of rotatable bonds is 3. The minimum Gasteiger partial charge on any atom is -0.750 e. The predicted molar refractivity (Wildman–Crippen MR) is 83.8 cm³/mol. The Morgan fingerprint density at radius 3 is 2.23 bits per heavy atom. The Morgan fingerprint density at radius 1 is 0.909 bits per heavy atom. The molecular formula is C17H10FO3S-. The smallest absolute Gasteiger partial charge is 0.131 e. The maximum Gasteiger partial charge on any atom is 0.131 e. The van der Waals surface area contributed by atoms with Crippen LogP contribution in [-0.2, 0) is 22.2 Å². The van der Waals surface area contributed by atoms with Gasteiger partial charge in [0.2, 0.25) is 0 Å². The summed E-state index contributed by atoms with van der Waals surface area (Å²) in [5.41, 5.74) is 0.760. The zero-order chi connectivity index (χ0) is 15.3. The van der Waals surface area contributed by atoms with E-state index in [1.165, 1.54) is 6.07 Å². The van der Waals surface area contributed by atoms with E-state index in [9.17, 15) is 13.2 Å².